The molecule has 0 saturated heterocycles. The average Bonchev–Trinajstić information content (AvgIpc) is 2.33. The summed E-state index contributed by atoms with van der Waals surface area (Å²) < 4.78 is 28.5. The SMILES string of the molecule is CCCNC(=O)COc1ccc(Br)cc1S(N)(=O)=O. The van der Waals surface area contributed by atoms with Gasteiger partial charge in [0, 0.05) is 11.0 Å². The van der Waals surface area contributed by atoms with E-state index in [9.17, 15) is 13.2 Å². The molecule has 0 bridgehead atoms. The summed E-state index contributed by atoms with van der Waals surface area (Å²) >= 11 is 3.15. The van der Waals surface area contributed by atoms with Crippen LogP contribution in [0.3, 0.4) is 0 Å². The fourth-order valence-corrected chi connectivity index (χ4v) is 2.49. The Hall–Kier alpha value is -1.12. The molecule has 0 aromatic heterocycles. The predicted molar refractivity (Wildman–Crippen MR) is 74.3 cm³/mol. The maximum atomic E-state index is 11.4. The van der Waals surface area contributed by atoms with Gasteiger partial charge >= 0.3 is 0 Å². The highest BCUT2D eigenvalue weighted by atomic mass is 79.9. The molecule has 6 nitrogen and oxygen atoms in total. The number of sulfonamides is 1. The molecular weight excluding hydrogens is 336 g/mol. The van der Waals surface area contributed by atoms with Crippen molar-refractivity contribution in [1.82, 2.24) is 5.32 Å². The van der Waals surface area contributed by atoms with Crippen molar-refractivity contribution < 1.29 is 17.9 Å². The van der Waals surface area contributed by atoms with E-state index in [1.54, 1.807) is 6.07 Å². The lowest BCUT2D eigenvalue weighted by Gasteiger charge is -2.10. The third-order valence-corrected chi connectivity index (χ3v) is 3.57. The average molecular weight is 351 g/mol. The minimum atomic E-state index is -3.91. The number of carbonyl (C=O) groups is 1. The highest BCUT2D eigenvalue weighted by molar-refractivity contribution is 9.10. The molecule has 1 rings (SSSR count). The molecule has 0 spiro atoms. The Morgan fingerprint density at radius 3 is 2.74 bits per heavy atom. The molecule has 0 fully saturated rings. The molecular formula is C11H15BrN2O4S. The first-order chi connectivity index (χ1) is 8.84. The predicted octanol–water partition coefficient (Wildman–Crippen LogP) is 1.00. The zero-order chi connectivity index (χ0) is 14.5. The van der Waals surface area contributed by atoms with Crippen LogP contribution in [0.5, 0.6) is 5.75 Å². The largest absolute Gasteiger partial charge is 0.482 e. The van der Waals surface area contributed by atoms with Gasteiger partial charge in [0.05, 0.1) is 0 Å². The number of carbonyl (C=O) groups excluding carboxylic acids is 1. The fourth-order valence-electron chi connectivity index (χ4n) is 1.28. The smallest absolute Gasteiger partial charge is 0.257 e. The highest BCUT2D eigenvalue weighted by Crippen LogP contribution is 2.26. The molecule has 0 aliphatic rings. The van der Waals surface area contributed by atoms with Crippen LogP contribution in [0.25, 0.3) is 0 Å². The summed E-state index contributed by atoms with van der Waals surface area (Å²) in [6.07, 6.45) is 0.812. The number of amides is 1. The third kappa shape index (κ3) is 5.17. The number of rotatable bonds is 6. The van der Waals surface area contributed by atoms with Gasteiger partial charge in [-0.1, -0.05) is 22.9 Å². The fraction of sp³-hybridized carbons (Fsp3) is 0.364. The maximum absolute atomic E-state index is 11.4. The van der Waals surface area contributed by atoms with E-state index in [0.717, 1.165) is 6.42 Å². The Morgan fingerprint density at radius 1 is 1.47 bits per heavy atom. The van der Waals surface area contributed by atoms with Crippen LogP contribution in [0.1, 0.15) is 13.3 Å². The second kappa shape index (κ2) is 6.88. The van der Waals surface area contributed by atoms with Crippen molar-refractivity contribution in [2.45, 2.75) is 18.2 Å². The summed E-state index contributed by atoms with van der Waals surface area (Å²) in [7, 11) is -3.91. The van der Waals surface area contributed by atoms with Crippen LogP contribution in [0.15, 0.2) is 27.6 Å². The molecule has 0 unspecified atom stereocenters. The van der Waals surface area contributed by atoms with E-state index in [0.29, 0.717) is 11.0 Å². The molecule has 8 heteroatoms. The van der Waals surface area contributed by atoms with Gasteiger partial charge in [0.1, 0.15) is 10.6 Å². The van der Waals surface area contributed by atoms with Crippen LogP contribution >= 0.6 is 15.9 Å². The zero-order valence-electron chi connectivity index (χ0n) is 10.3. The third-order valence-electron chi connectivity index (χ3n) is 2.14. The summed E-state index contributed by atoms with van der Waals surface area (Å²) in [6.45, 7) is 2.21. The van der Waals surface area contributed by atoms with E-state index >= 15 is 0 Å². The molecule has 0 atom stereocenters. The number of benzene rings is 1. The Morgan fingerprint density at radius 2 is 2.16 bits per heavy atom. The van der Waals surface area contributed by atoms with E-state index in [1.165, 1.54) is 12.1 Å². The van der Waals surface area contributed by atoms with Crippen LogP contribution in [-0.4, -0.2) is 27.5 Å². The second-order valence-corrected chi connectivity index (χ2v) is 6.22. The molecule has 0 radical (unpaired) electrons. The maximum Gasteiger partial charge on any atom is 0.257 e. The quantitative estimate of drug-likeness (QED) is 0.799. The minimum absolute atomic E-state index is 0.0531. The van der Waals surface area contributed by atoms with Gasteiger partial charge in [0.15, 0.2) is 6.61 Å². The second-order valence-electron chi connectivity index (χ2n) is 3.77. The number of primary sulfonamides is 1. The van der Waals surface area contributed by atoms with Gasteiger partial charge in [-0.3, -0.25) is 4.79 Å². The summed E-state index contributed by atoms with van der Waals surface area (Å²) in [6, 6.07) is 4.37. The molecule has 1 aromatic carbocycles. The lowest BCUT2D eigenvalue weighted by Crippen LogP contribution is -2.29. The van der Waals surface area contributed by atoms with Crippen LogP contribution in [-0.2, 0) is 14.8 Å². The minimum Gasteiger partial charge on any atom is -0.482 e. The molecule has 0 aliphatic heterocycles. The highest BCUT2D eigenvalue weighted by Gasteiger charge is 2.16. The van der Waals surface area contributed by atoms with Crippen LogP contribution in [0.2, 0.25) is 0 Å². The van der Waals surface area contributed by atoms with Crippen molar-refractivity contribution >= 4 is 31.9 Å². The molecule has 0 aliphatic carbocycles. The van der Waals surface area contributed by atoms with Gasteiger partial charge in [-0.05, 0) is 24.6 Å². The molecule has 106 valence electrons. The summed E-state index contributed by atoms with van der Waals surface area (Å²) in [5.74, 6) is -0.262. The number of hydrogen-bond donors (Lipinski definition) is 2. The molecule has 0 heterocycles. The van der Waals surface area contributed by atoms with Crippen LogP contribution < -0.4 is 15.2 Å². The first kappa shape index (κ1) is 15.9. The Kier molecular flexibility index (Phi) is 5.77. The van der Waals surface area contributed by atoms with E-state index in [1.807, 2.05) is 6.92 Å². The first-order valence-corrected chi connectivity index (χ1v) is 7.90. The van der Waals surface area contributed by atoms with Gasteiger partial charge < -0.3 is 10.1 Å². The van der Waals surface area contributed by atoms with Crippen molar-refractivity contribution in [2.75, 3.05) is 13.2 Å². The summed E-state index contributed by atoms with van der Waals surface area (Å²) in [4.78, 5) is 11.2. The molecule has 1 amide bonds. The van der Waals surface area contributed by atoms with Crippen LogP contribution in [0.4, 0.5) is 0 Å². The topological polar surface area (TPSA) is 98.5 Å². The number of hydrogen-bond acceptors (Lipinski definition) is 4. The van der Waals surface area contributed by atoms with Crippen molar-refractivity contribution in [1.29, 1.82) is 0 Å². The van der Waals surface area contributed by atoms with Gasteiger partial charge in [0.2, 0.25) is 10.0 Å². The van der Waals surface area contributed by atoms with Gasteiger partial charge in [0.25, 0.3) is 5.91 Å². The standard InChI is InChI=1S/C11H15BrN2O4S/c1-2-5-14-11(15)7-18-9-4-3-8(12)6-10(9)19(13,16)17/h3-4,6H,2,5,7H2,1H3,(H,14,15)(H2,13,16,17). The monoisotopic (exact) mass is 350 g/mol. The number of nitrogens with two attached hydrogens (primary N) is 1. The molecule has 1 aromatic rings. The summed E-state index contributed by atoms with van der Waals surface area (Å²) in [5, 5.41) is 7.70. The van der Waals surface area contributed by atoms with Crippen molar-refractivity contribution in [3.05, 3.63) is 22.7 Å². The normalized spacial score (nSPS) is 11.1. The summed E-state index contributed by atoms with van der Waals surface area (Å²) in [5.41, 5.74) is 0. The molecule has 0 saturated carbocycles. The van der Waals surface area contributed by atoms with E-state index in [4.69, 9.17) is 9.88 Å². The Bertz CT molecular complexity index is 560. The van der Waals surface area contributed by atoms with Gasteiger partial charge in [-0.2, -0.15) is 0 Å². The molecule has 19 heavy (non-hydrogen) atoms. The lowest BCUT2D eigenvalue weighted by molar-refractivity contribution is -0.123. The van der Waals surface area contributed by atoms with E-state index < -0.39 is 10.0 Å². The molecule has 3 N–H and O–H groups in total. The van der Waals surface area contributed by atoms with Gasteiger partial charge in [-0.25, -0.2) is 13.6 Å². The van der Waals surface area contributed by atoms with Crippen molar-refractivity contribution in [2.24, 2.45) is 5.14 Å². The van der Waals surface area contributed by atoms with Crippen LogP contribution in [0, 0.1) is 0 Å². The van der Waals surface area contributed by atoms with Crippen molar-refractivity contribution in [3.8, 4) is 5.75 Å². The van der Waals surface area contributed by atoms with E-state index in [2.05, 4.69) is 21.2 Å². The number of ether oxygens (including phenoxy) is 1. The lowest BCUT2D eigenvalue weighted by atomic mass is 10.3. The van der Waals surface area contributed by atoms with Gasteiger partial charge in [-0.15, -0.1) is 0 Å². The first-order valence-electron chi connectivity index (χ1n) is 5.56. The Labute approximate surface area is 120 Å². The zero-order valence-corrected chi connectivity index (χ0v) is 12.8. The Balaban J connectivity index is 2.82. The van der Waals surface area contributed by atoms with Crippen molar-refractivity contribution in [3.63, 3.8) is 0 Å². The number of halogens is 1. The van der Waals surface area contributed by atoms with E-state index in [-0.39, 0.29) is 23.2 Å². The number of nitrogens with one attached hydrogen (secondary N) is 1.